The van der Waals surface area contributed by atoms with Crippen molar-refractivity contribution in [1.82, 2.24) is 5.32 Å². The minimum atomic E-state index is -0.226. The molecule has 3 heteroatoms. The van der Waals surface area contributed by atoms with Gasteiger partial charge in [-0.15, -0.1) is 0 Å². The lowest BCUT2D eigenvalue weighted by Crippen LogP contribution is -2.40. The highest BCUT2D eigenvalue weighted by Crippen LogP contribution is 2.49. The highest BCUT2D eigenvalue weighted by atomic mass is 16.5. The van der Waals surface area contributed by atoms with Gasteiger partial charge < -0.3 is 10.1 Å². The highest BCUT2D eigenvalue weighted by Gasteiger charge is 2.44. The van der Waals surface area contributed by atoms with Gasteiger partial charge in [-0.3, -0.25) is 0 Å². The first kappa shape index (κ1) is 12.9. The van der Waals surface area contributed by atoms with Crippen LogP contribution in [0.4, 0.5) is 0 Å². The van der Waals surface area contributed by atoms with Crippen LogP contribution in [0.25, 0.3) is 0 Å². The van der Waals surface area contributed by atoms with E-state index in [-0.39, 0.29) is 11.5 Å². The van der Waals surface area contributed by atoms with E-state index in [0.717, 1.165) is 30.6 Å². The maximum atomic E-state index is 9.45. The van der Waals surface area contributed by atoms with Crippen LogP contribution in [0.1, 0.15) is 36.4 Å². The molecule has 1 aromatic carbocycles. The largest absolute Gasteiger partial charge is 0.496 e. The lowest BCUT2D eigenvalue weighted by Gasteiger charge is -2.42. The van der Waals surface area contributed by atoms with Crippen LogP contribution in [0.3, 0.4) is 0 Å². The zero-order chi connectivity index (χ0) is 13.2. The number of nitrogens with zero attached hydrogens (tertiary/aromatic N) is 1. The molecule has 1 aliphatic carbocycles. The van der Waals surface area contributed by atoms with Crippen LogP contribution in [0.2, 0.25) is 0 Å². The molecule has 0 bridgehead atoms. The highest BCUT2D eigenvalue weighted by molar-refractivity contribution is 5.39. The van der Waals surface area contributed by atoms with E-state index in [2.05, 4.69) is 23.5 Å². The van der Waals surface area contributed by atoms with E-state index in [4.69, 9.17) is 4.74 Å². The van der Waals surface area contributed by atoms with Gasteiger partial charge in [0, 0.05) is 0 Å². The summed E-state index contributed by atoms with van der Waals surface area (Å²) in [4.78, 5) is 0. The quantitative estimate of drug-likeness (QED) is 0.885. The van der Waals surface area contributed by atoms with Gasteiger partial charge in [-0.1, -0.05) is 18.6 Å². The predicted molar refractivity (Wildman–Crippen MR) is 71.4 cm³/mol. The molecule has 0 heterocycles. The van der Waals surface area contributed by atoms with E-state index >= 15 is 0 Å². The van der Waals surface area contributed by atoms with Gasteiger partial charge in [-0.2, -0.15) is 5.26 Å². The van der Waals surface area contributed by atoms with Crippen molar-refractivity contribution < 1.29 is 4.74 Å². The van der Waals surface area contributed by atoms with Crippen LogP contribution >= 0.6 is 0 Å². The molecule has 0 radical (unpaired) electrons. The number of hydrogen-bond donors (Lipinski definition) is 1. The maximum absolute atomic E-state index is 9.45. The lowest BCUT2D eigenvalue weighted by molar-refractivity contribution is 0.149. The van der Waals surface area contributed by atoms with Gasteiger partial charge >= 0.3 is 0 Å². The number of methoxy groups -OCH3 is 1. The van der Waals surface area contributed by atoms with Crippen molar-refractivity contribution >= 4 is 0 Å². The van der Waals surface area contributed by atoms with Crippen molar-refractivity contribution in [2.45, 2.75) is 32.2 Å². The fraction of sp³-hybridized carbons (Fsp3) is 0.533. The van der Waals surface area contributed by atoms with Crippen LogP contribution in [0.5, 0.6) is 5.75 Å². The summed E-state index contributed by atoms with van der Waals surface area (Å²) < 4.78 is 5.28. The summed E-state index contributed by atoms with van der Waals surface area (Å²) in [5.74, 6) is 0.897. The Balaban J connectivity index is 2.34. The molecule has 1 aliphatic rings. The van der Waals surface area contributed by atoms with Gasteiger partial charge in [0.25, 0.3) is 0 Å². The number of hydrogen-bond acceptors (Lipinski definition) is 3. The predicted octanol–water partition coefficient (Wildman–Crippen LogP) is 2.96. The van der Waals surface area contributed by atoms with Crippen molar-refractivity contribution in [1.29, 1.82) is 5.26 Å². The second kappa shape index (κ2) is 4.99. The third-order valence-electron chi connectivity index (χ3n) is 4.06. The summed E-state index contributed by atoms with van der Waals surface area (Å²) in [6.45, 7) is 2.04. The van der Waals surface area contributed by atoms with E-state index in [0.29, 0.717) is 0 Å². The van der Waals surface area contributed by atoms with Gasteiger partial charge in [0.2, 0.25) is 0 Å². The fourth-order valence-corrected chi connectivity index (χ4v) is 2.87. The zero-order valence-corrected chi connectivity index (χ0v) is 11.3. The Kier molecular flexibility index (Phi) is 3.58. The summed E-state index contributed by atoms with van der Waals surface area (Å²) in [6, 6.07) is 8.80. The van der Waals surface area contributed by atoms with Crippen molar-refractivity contribution in [3.8, 4) is 11.8 Å². The van der Waals surface area contributed by atoms with Crippen LogP contribution in [0, 0.1) is 23.7 Å². The van der Waals surface area contributed by atoms with Gasteiger partial charge in [0.1, 0.15) is 5.75 Å². The smallest absolute Gasteiger partial charge is 0.121 e. The summed E-state index contributed by atoms with van der Waals surface area (Å²) in [7, 11) is 3.61. The molecule has 0 aliphatic heterocycles. The SMILES string of the molecule is CNC(c1ccc(OC)c(C)c1)C1(C#N)CCC1. The molecule has 1 fully saturated rings. The second-order valence-electron chi connectivity index (χ2n) is 5.07. The van der Waals surface area contributed by atoms with E-state index in [1.54, 1.807) is 7.11 Å². The minimum Gasteiger partial charge on any atom is -0.496 e. The summed E-state index contributed by atoms with van der Waals surface area (Å²) in [5, 5.41) is 12.8. The third-order valence-corrected chi connectivity index (χ3v) is 4.06. The Hall–Kier alpha value is -1.53. The molecule has 1 saturated carbocycles. The van der Waals surface area contributed by atoms with Crippen molar-refractivity contribution in [2.24, 2.45) is 5.41 Å². The molecule has 1 aromatic rings. The topological polar surface area (TPSA) is 45.0 Å². The number of nitrogens with one attached hydrogen (secondary N) is 1. The van der Waals surface area contributed by atoms with Crippen molar-refractivity contribution in [2.75, 3.05) is 14.2 Å². The Labute approximate surface area is 109 Å². The number of nitriles is 1. The van der Waals surface area contributed by atoms with E-state index in [1.165, 1.54) is 5.56 Å². The van der Waals surface area contributed by atoms with Crippen molar-refractivity contribution in [3.05, 3.63) is 29.3 Å². The first-order chi connectivity index (χ1) is 8.66. The van der Waals surface area contributed by atoms with Crippen molar-refractivity contribution in [3.63, 3.8) is 0 Å². The molecular formula is C15H20N2O. The average Bonchev–Trinajstić information content (AvgIpc) is 2.33. The Morgan fingerprint density at radius 3 is 2.56 bits per heavy atom. The fourth-order valence-electron chi connectivity index (χ4n) is 2.87. The van der Waals surface area contributed by atoms with E-state index < -0.39 is 0 Å². The summed E-state index contributed by atoms with van der Waals surface area (Å²) in [6.07, 6.45) is 3.13. The molecule has 0 amide bonds. The molecule has 96 valence electrons. The zero-order valence-electron chi connectivity index (χ0n) is 11.3. The molecule has 0 aromatic heterocycles. The van der Waals surface area contributed by atoms with Crippen LogP contribution in [0.15, 0.2) is 18.2 Å². The standard InChI is InChI=1S/C15H20N2O/c1-11-9-12(5-6-13(11)18-3)14(17-2)15(10-16)7-4-8-15/h5-6,9,14,17H,4,7-8H2,1-3H3. The minimum absolute atomic E-state index is 0.112. The van der Waals surface area contributed by atoms with Crippen LogP contribution < -0.4 is 10.1 Å². The molecule has 0 spiro atoms. The third kappa shape index (κ3) is 1.97. The lowest BCUT2D eigenvalue weighted by atomic mass is 9.63. The normalized spacial score (nSPS) is 18.6. The Morgan fingerprint density at radius 2 is 2.17 bits per heavy atom. The summed E-state index contributed by atoms with van der Waals surface area (Å²) in [5.41, 5.74) is 2.06. The molecule has 0 saturated heterocycles. The number of rotatable bonds is 4. The number of benzene rings is 1. The van der Waals surface area contributed by atoms with E-state index in [1.807, 2.05) is 20.0 Å². The van der Waals surface area contributed by atoms with Gasteiger partial charge in [-0.05, 0) is 44.0 Å². The maximum Gasteiger partial charge on any atom is 0.121 e. The number of aryl methyl sites for hydroxylation is 1. The molecule has 2 rings (SSSR count). The molecule has 3 nitrogen and oxygen atoms in total. The Morgan fingerprint density at radius 1 is 1.44 bits per heavy atom. The van der Waals surface area contributed by atoms with Gasteiger partial charge in [-0.25, -0.2) is 0 Å². The first-order valence-corrected chi connectivity index (χ1v) is 6.40. The molecule has 1 unspecified atom stereocenters. The van der Waals surface area contributed by atoms with E-state index in [9.17, 15) is 5.26 Å². The average molecular weight is 244 g/mol. The first-order valence-electron chi connectivity index (χ1n) is 6.40. The monoisotopic (exact) mass is 244 g/mol. The molecule has 1 N–H and O–H groups in total. The molecular weight excluding hydrogens is 224 g/mol. The molecule has 1 atom stereocenters. The van der Waals surface area contributed by atoms with Crippen LogP contribution in [-0.4, -0.2) is 14.2 Å². The van der Waals surface area contributed by atoms with Crippen LogP contribution in [-0.2, 0) is 0 Å². The molecule has 18 heavy (non-hydrogen) atoms. The Bertz CT molecular complexity index is 472. The summed E-state index contributed by atoms with van der Waals surface area (Å²) >= 11 is 0. The van der Waals surface area contributed by atoms with Gasteiger partial charge in [0.15, 0.2) is 0 Å². The second-order valence-corrected chi connectivity index (χ2v) is 5.07. The number of ether oxygens (including phenoxy) is 1. The van der Waals surface area contributed by atoms with Gasteiger partial charge in [0.05, 0.1) is 24.6 Å².